The van der Waals surface area contributed by atoms with Crippen molar-refractivity contribution in [3.63, 3.8) is 0 Å². The van der Waals surface area contributed by atoms with Crippen LogP contribution in [0.2, 0.25) is 0 Å². The number of fused-ring (bicyclic) bond motifs is 1. The first-order chi connectivity index (χ1) is 22.3. The van der Waals surface area contributed by atoms with Crippen LogP contribution in [0.15, 0.2) is 102 Å². The zero-order valence-electron chi connectivity index (χ0n) is 26.3. The normalized spacial score (nSPS) is 10.1. The van der Waals surface area contributed by atoms with Gasteiger partial charge in [0.1, 0.15) is 31.0 Å². The number of rotatable bonds is 12. The molecule has 0 spiro atoms. The number of pyridine rings is 1. The van der Waals surface area contributed by atoms with Gasteiger partial charge in [0.15, 0.2) is 5.96 Å². The smallest absolute Gasteiger partial charge is 0.237 e. The van der Waals surface area contributed by atoms with Gasteiger partial charge in [-0.3, -0.25) is 19.6 Å². The predicted octanol–water partition coefficient (Wildman–Crippen LogP) is 4.09. The zero-order valence-corrected chi connectivity index (χ0v) is 26.3. The molecule has 5 aromatic rings. The molecule has 0 aliphatic carbocycles. The van der Waals surface area contributed by atoms with Gasteiger partial charge in [0.25, 0.3) is 0 Å². The van der Waals surface area contributed by atoms with Gasteiger partial charge in [-0.05, 0) is 61.5 Å². The Labute approximate surface area is 269 Å². The molecule has 2 aromatic heterocycles. The summed E-state index contributed by atoms with van der Waals surface area (Å²) in [5.74, 6) is 0.993. The van der Waals surface area contributed by atoms with Crippen LogP contribution >= 0.6 is 0 Å². The number of nitrogens with one attached hydrogen (secondary N) is 1. The fourth-order valence-corrected chi connectivity index (χ4v) is 4.26. The molecule has 46 heavy (non-hydrogen) atoms. The molecule has 7 N–H and O–H groups in total. The van der Waals surface area contributed by atoms with Gasteiger partial charge in [-0.25, -0.2) is 4.98 Å². The number of aromatic nitrogens is 3. The highest BCUT2D eigenvalue weighted by Crippen LogP contribution is 2.28. The second-order valence-corrected chi connectivity index (χ2v) is 10.1. The molecule has 0 saturated carbocycles. The molecular formula is C35H42N8O3. The Bertz CT molecular complexity index is 1680. The summed E-state index contributed by atoms with van der Waals surface area (Å²) in [5.41, 5.74) is 20.4. The third-order valence-corrected chi connectivity index (χ3v) is 6.44. The lowest BCUT2D eigenvalue weighted by Gasteiger charge is -2.10. The number of nitrogens with zero attached hydrogens (tertiary/aromatic N) is 4. The van der Waals surface area contributed by atoms with Gasteiger partial charge < -0.3 is 31.8 Å². The molecule has 0 saturated heterocycles. The maximum absolute atomic E-state index is 11.6. The Hall–Kier alpha value is -5.55. The summed E-state index contributed by atoms with van der Waals surface area (Å²) in [7, 11) is 1.95. The first-order valence-electron chi connectivity index (χ1n) is 14.9. The standard InChI is InChI=1S/C23H19N3O3.C8H12N2.C4H11N3/c24-22(28)13-26-21-10-9-17(14-27)11-20(21)25-23(26)18-7-4-8-19(12-18)29-15-16-5-2-1-3-6-16;1-9-7-5-8-4-2-3-6-10-8;1-2-3-7-4(5)6/h1-12,14H,13,15H2,(H2,24,28);2-4,6,9H,5,7H2,1H3;2-3H2,1H3,(H4,5,6,7). The predicted molar refractivity (Wildman–Crippen MR) is 183 cm³/mol. The molecule has 0 aliphatic rings. The van der Waals surface area contributed by atoms with E-state index in [0.717, 1.165) is 54.6 Å². The van der Waals surface area contributed by atoms with E-state index in [2.05, 4.69) is 20.3 Å². The maximum atomic E-state index is 11.6. The number of hydrogen-bond donors (Lipinski definition) is 4. The molecule has 0 atom stereocenters. The van der Waals surface area contributed by atoms with E-state index in [1.165, 1.54) is 0 Å². The number of aldehydes is 1. The summed E-state index contributed by atoms with van der Waals surface area (Å²) >= 11 is 0. The van der Waals surface area contributed by atoms with Gasteiger partial charge in [-0.2, -0.15) is 0 Å². The molecular weight excluding hydrogens is 580 g/mol. The number of guanidine groups is 1. The highest BCUT2D eigenvalue weighted by Gasteiger charge is 2.15. The second kappa shape index (κ2) is 19.0. The van der Waals surface area contributed by atoms with Crippen molar-refractivity contribution in [2.45, 2.75) is 32.9 Å². The summed E-state index contributed by atoms with van der Waals surface area (Å²) in [6, 6.07) is 28.6. The van der Waals surface area contributed by atoms with Crippen LogP contribution in [0.4, 0.5) is 0 Å². The SMILES string of the molecule is CCCN=C(N)N.CNCCc1ccccn1.NC(=O)Cn1c(-c2cccc(OCc3ccccc3)c2)nc2cc(C=O)ccc21. The molecule has 11 nitrogen and oxygen atoms in total. The van der Waals surface area contributed by atoms with Crippen LogP contribution in [-0.4, -0.2) is 52.8 Å². The molecule has 0 aliphatic heterocycles. The Morgan fingerprint density at radius 1 is 0.978 bits per heavy atom. The van der Waals surface area contributed by atoms with E-state index in [1.807, 2.05) is 93.0 Å². The summed E-state index contributed by atoms with van der Waals surface area (Å²) < 4.78 is 7.66. The first kappa shape index (κ1) is 34.9. The van der Waals surface area contributed by atoms with E-state index in [1.54, 1.807) is 22.8 Å². The van der Waals surface area contributed by atoms with Crippen LogP contribution in [0.25, 0.3) is 22.4 Å². The Balaban J connectivity index is 0.000000278. The van der Waals surface area contributed by atoms with Gasteiger partial charge in [-0.1, -0.05) is 55.5 Å². The molecule has 2 heterocycles. The van der Waals surface area contributed by atoms with Crippen molar-refractivity contribution in [2.75, 3.05) is 20.1 Å². The third-order valence-electron chi connectivity index (χ3n) is 6.44. The number of nitrogens with two attached hydrogens (primary N) is 3. The van der Waals surface area contributed by atoms with E-state index < -0.39 is 5.91 Å². The van der Waals surface area contributed by atoms with E-state index in [-0.39, 0.29) is 12.5 Å². The number of imidazole rings is 1. The molecule has 0 radical (unpaired) electrons. The summed E-state index contributed by atoms with van der Waals surface area (Å²) in [4.78, 5) is 35.3. The number of primary amides is 1. The van der Waals surface area contributed by atoms with Crippen molar-refractivity contribution in [2.24, 2.45) is 22.2 Å². The Morgan fingerprint density at radius 2 is 1.76 bits per heavy atom. The molecule has 3 aromatic carbocycles. The summed E-state index contributed by atoms with van der Waals surface area (Å²) in [5, 5.41) is 3.08. The van der Waals surface area contributed by atoms with Gasteiger partial charge in [0.05, 0.1) is 11.0 Å². The maximum Gasteiger partial charge on any atom is 0.237 e. The van der Waals surface area contributed by atoms with Gasteiger partial charge in [0, 0.05) is 42.5 Å². The van der Waals surface area contributed by atoms with Gasteiger partial charge >= 0.3 is 0 Å². The molecule has 0 bridgehead atoms. The molecule has 0 unspecified atom stereocenters. The third kappa shape index (κ3) is 11.5. The number of carbonyl (C=O) groups is 2. The minimum atomic E-state index is -0.471. The quantitative estimate of drug-likeness (QED) is 0.0913. The lowest BCUT2D eigenvalue weighted by molar-refractivity contribution is -0.118. The van der Waals surface area contributed by atoms with E-state index in [4.69, 9.17) is 21.9 Å². The molecule has 5 rings (SSSR count). The topological polar surface area (TPSA) is 177 Å². The number of ether oxygens (including phenoxy) is 1. The zero-order chi connectivity index (χ0) is 33.1. The van der Waals surface area contributed by atoms with Crippen molar-refractivity contribution < 1.29 is 14.3 Å². The van der Waals surface area contributed by atoms with Crippen LogP contribution in [-0.2, 0) is 24.4 Å². The minimum Gasteiger partial charge on any atom is -0.489 e. The van der Waals surface area contributed by atoms with Crippen LogP contribution < -0.4 is 27.3 Å². The van der Waals surface area contributed by atoms with Crippen molar-refractivity contribution in [3.8, 4) is 17.1 Å². The largest absolute Gasteiger partial charge is 0.489 e. The minimum absolute atomic E-state index is 0.0125. The van der Waals surface area contributed by atoms with Crippen molar-refractivity contribution in [1.29, 1.82) is 0 Å². The van der Waals surface area contributed by atoms with Crippen LogP contribution in [0, 0.1) is 0 Å². The number of likely N-dealkylation sites (N-methyl/N-ethyl adjacent to an activating group) is 1. The molecule has 0 fully saturated rings. The fraction of sp³-hybridized carbons (Fsp3) is 0.229. The number of benzene rings is 3. The lowest BCUT2D eigenvalue weighted by atomic mass is 10.2. The van der Waals surface area contributed by atoms with E-state index in [0.29, 0.717) is 29.3 Å². The second-order valence-electron chi connectivity index (χ2n) is 10.1. The average molecular weight is 623 g/mol. The summed E-state index contributed by atoms with van der Waals surface area (Å²) in [6.07, 6.45) is 4.60. The van der Waals surface area contributed by atoms with Crippen LogP contribution in [0.5, 0.6) is 5.75 Å². The number of carbonyl (C=O) groups excluding carboxylic acids is 2. The lowest BCUT2D eigenvalue weighted by Crippen LogP contribution is -2.22. The van der Waals surface area contributed by atoms with Crippen molar-refractivity contribution in [1.82, 2.24) is 19.9 Å². The van der Waals surface area contributed by atoms with E-state index in [9.17, 15) is 9.59 Å². The van der Waals surface area contributed by atoms with E-state index >= 15 is 0 Å². The van der Waals surface area contributed by atoms with Gasteiger partial charge in [-0.15, -0.1) is 0 Å². The molecule has 1 amide bonds. The highest BCUT2D eigenvalue weighted by molar-refractivity contribution is 5.88. The highest BCUT2D eigenvalue weighted by atomic mass is 16.5. The number of amides is 1. The Morgan fingerprint density at radius 3 is 2.39 bits per heavy atom. The average Bonchev–Trinajstić information content (AvgIpc) is 3.43. The molecule has 240 valence electrons. The summed E-state index contributed by atoms with van der Waals surface area (Å²) in [6.45, 7) is 4.19. The molecule has 11 heteroatoms. The monoisotopic (exact) mass is 622 g/mol. The van der Waals surface area contributed by atoms with Crippen LogP contribution in [0.1, 0.15) is 35.0 Å². The van der Waals surface area contributed by atoms with Gasteiger partial charge in [0.2, 0.25) is 5.91 Å². The fourth-order valence-electron chi connectivity index (χ4n) is 4.26. The Kier molecular flexibility index (Phi) is 14.4. The van der Waals surface area contributed by atoms with Crippen LogP contribution in [0.3, 0.4) is 0 Å². The number of aliphatic imine (C=N–C) groups is 1. The van der Waals surface area contributed by atoms with Crippen molar-refractivity contribution >= 4 is 29.2 Å². The van der Waals surface area contributed by atoms with Crippen molar-refractivity contribution in [3.05, 3.63) is 114 Å². The first-order valence-corrected chi connectivity index (χ1v) is 14.9. The number of hydrogen-bond acceptors (Lipinski definition) is 7.